The van der Waals surface area contributed by atoms with Gasteiger partial charge >= 0.3 is 0 Å². The number of para-hydroxylation sites is 1. The maximum atomic E-state index is 6.14. The highest BCUT2D eigenvalue weighted by molar-refractivity contribution is 6.06. The molecule has 1 aromatic heterocycles. The van der Waals surface area contributed by atoms with Crippen molar-refractivity contribution in [2.24, 2.45) is 11.8 Å². The lowest BCUT2D eigenvalue weighted by Crippen LogP contribution is -2.23. The van der Waals surface area contributed by atoms with Gasteiger partial charge in [0, 0.05) is 33.5 Å². The molecule has 0 saturated carbocycles. The van der Waals surface area contributed by atoms with Crippen molar-refractivity contribution in [2.75, 3.05) is 4.90 Å². The fraction of sp³-hybridized carbons (Fsp3) is 0.0943. The number of anilines is 3. The molecule has 8 aromatic rings. The molecule has 0 aliphatic heterocycles. The van der Waals surface area contributed by atoms with Crippen LogP contribution in [-0.4, -0.2) is 0 Å². The van der Waals surface area contributed by atoms with Crippen molar-refractivity contribution in [2.45, 2.75) is 19.8 Å². The molecule has 0 radical (unpaired) electrons. The molecule has 2 bridgehead atoms. The van der Waals surface area contributed by atoms with Crippen LogP contribution >= 0.6 is 0 Å². The van der Waals surface area contributed by atoms with Gasteiger partial charge in [0.05, 0.1) is 5.69 Å². The standard InChI is InChI=1S/C53H39NO/c1-34-7-4-10-39(29-34)36-16-22-44(23-17-36)54(45-24-18-37(19-25-45)40-21-28-52-49(33-40)47-13-2-3-14-51(47)55-52)50-27-20-41-32-43-12-6-9-38-8-5-11-42(53(38)43)30-35-15-26-46(50)48(41)31-35/h2-29,31,33,42,53H,30,32H2,1H3. The smallest absolute Gasteiger partial charge is 0.135 e. The van der Waals surface area contributed by atoms with Crippen LogP contribution in [0.1, 0.15) is 16.7 Å². The number of rotatable bonds is 5. The Morgan fingerprint density at radius 1 is 0.564 bits per heavy atom. The highest BCUT2D eigenvalue weighted by Gasteiger charge is 2.31. The molecule has 55 heavy (non-hydrogen) atoms. The Bertz CT molecular complexity index is 2930. The summed E-state index contributed by atoms with van der Waals surface area (Å²) in [5.74, 6) is 0.908. The van der Waals surface area contributed by atoms with Gasteiger partial charge in [-0.3, -0.25) is 0 Å². The molecule has 2 unspecified atom stereocenters. The summed E-state index contributed by atoms with van der Waals surface area (Å²) in [4.78, 5) is 2.44. The Balaban J connectivity index is 1.04. The Morgan fingerprint density at radius 3 is 2.15 bits per heavy atom. The Labute approximate surface area is 321 Å². The molecule has 3 aliphatic carbocycles. The molecule has 0 fully saturated rings. The summed E-state index contributed by atoms with van der Waals surface area (Å²) in [6.45, 7) is 2.15. The van der Waals surface area contributed by atoms with E-state index in [1.807, 2.05) is 12.1 Å². The molecule has 2 heteroatoms. The molecule has 2 atom stereocenters. The van der Waals surface area contributed by atoms with E-state index < -0.39 is 0 Å². The summed E-state index contributed by atoms with van der Waals surface area (Å²) >= 11 is 0. The fourth-order valence-corrected chi connectivity index (χ4v) is 9.33. The Kier molecular flexibility index (Phi) is 7.38. The molecule has 3 aliphatic rings. The van der Waals surface area contributed by atoms with Gasteiger partial charge in [0.2, 0.25) is 0 Å². The second-order valence-electron chi connectivity index (χ2n) is 15.4. The van der Waals surface area contributed by atoms with Crippen molar-refractivity contribution in [3.05, 3.63) is 210 Å². The average molecular weight is 706 g/mol. The summed E-state index contributed by atoms with van der Waals surface area (Å²) in [6.07, 6.45) is 15.9. The number of hydrogen-bond donors (Lipinski definition) is 0. The summed E-state index contributed by atoms with van der Waals surface area (Å²) in [6, 6.07) is 53.6. The molecule has 0 N–H and O–H groups in total. The van der Waals surface area contributed by atoms with E-state index in [0.717, 1.165) is 46.2 Å². The van der Waals surface area contributed by atoms with Crippen LogP contribution in [-0.2, 0) is 12.8 Å². The first kappa shape index (κ1) is 31.8. The summed E-state index contributed by atoms with van der Waals surface area (Å²) in [5.41, 5.74) is 17.1. The van der Waals surface area contributed by atoms with Gasteiger partial charge in [-0.05, 0) is 119 Å². The van der Waals surface area contributed by atoms with Crippen molar-refractivity contribution in [3.63, 3.8) is 0 Å². The Hall–Kier alpha value is -6.64. The van der Waals surface area contributed by atoms with Gasteiger partial charge < -0.3 is 9.32 Å². The van der Waals surface area contributed by atoms with Crippen molar-refractivity contribution >= 4 is 49.8 Å². The van der Waals surface area contributed by atoms with Gasteiger partial charge in [-0.25, -0.2) is 0 Å². The van der Waals surface area contributed by atoms with Crippen LogP contribution < -0.4 is 4.90 Å². The molecule has 0 amide bonds. The number of aryl methyl sites for hydroxylation is 1. The van der Waals surface area contributed by atoms with E-state index >= 15 is 0 Å². The minimum Gasteiger partial charge on any atom is -0.456 e. The lowest BCUT2D eigenvalue weighted by Gasteiger charge is -2.32. The van der Waals surface area contributed by atoms with Gasteiger partial charge in [0.25, 0.3) is 0 Å². The van der Waals surface area contributed by atoms with Crippen LogP contribution in [0.15, 0.2) is 198 Å². The second-order valence-corrected chi connectivity index (χ2v) is 15.4. The van der Waals surface area contributed by atoms with Crippen LogP contribution in [0, 0.1) is 18.8 Å². The second kappa shape index (κ2) is 12.7. The molecule has 2 nitrogen and oxygen atoms in total. The first-order valence-corrected chi connectivity index (χ1v) is 19.4. The van der Waals surface area contributed by atoms with Gasteiger partial charge in [-0.15, -0.1) is 0 Å². The summed E-state index contributed by atoms with van der Waals surface area (Å²) in [7, 11) is 0. The molecule has 11 rings (SSSR count). The first-order valence-electron chi connectivity index (χ1n) is 19.4. The maximum Gasteiger partial charge on any atom is 0.135 e. The Morgan fingerprint density at radius 2 is 1.33 bits per heavy atom. The van der Waals surface area contributed by atoms with E-state index in [1.165, 1.54) is 66.6 Å². The number of allylic oxidation sites excluding steroid dienone is 8. The van der Waals surface area contributed by atoms with E-state index in [9.17, 15) is 0 Å². The summed E-state index contributed by atoms with van der Waals surface area (Å²) in [5, 5.41) is 4.91. The molecule has 262 valence electrons. The average Bonchev–Trinajstić information content (AvgIpc) is 3.62. The number of fused-ring (bicyclic) bond motifs is 4. The van der Waals surface area contributed by atoms with Crippen LogP contribution in [0.25, 0.3) is 55.0 Å². The minimum absolute atomic E-state index is 0.439. The number of furan rings is 1. The first-order chi connectivity index (χ1) is 27.1. The largest absolute Gasteiger partial charge is 0.456 e. The third-order valence-corrected chi connectivity index (χ3v) is 12.0. The van der Waals surface area contributed by atoms with Gasteiger partial charge in [0.1, 0.15) is 11.2 Å². The van der Waals surface area contributed by atoms with Crippen LogP contribution in [0.5, 0.6) is 0 Å². The van der Waals surface area contributed by atoms with Crippen molar-refractivity contribution < 1.29 is 4.42 Å². The highest BCUT2D eigenvalue weighted by Crippen LogP contribution is 2.45. The minimum atomic E-state index is 0.439. The van der Waals surface area contributed by atoms with Crippen LogP contribution in [0.2, 0.25) is 0 Å². The topological polar surface area (TPSA) is 16.4 Å². The van der Waals surface area contributed by atoms with Crippen LogP contribution in [0.4, 0.5) is 17.1 Å². The molecule has 1 heterocycles. The fourth-order valence-electron chi connectivity index (χ4n) is 9.33. The predicted molar refractivity (Wildman–Crippen MR) is 230 cm³/mol. The van der Waals surface area contributed by atoms with Gasteiger partial charge in [0.15, 0.2) is 0 Å². The van der Waals surface area contributed by atoms with Gasteiger partial charge in [-0.1, -0.05) is 145 Å². The normalized spacial score (nSPS) is 17.1. The zero-order chi connectivity index (χ0) is 36.5. The van der Waals surface area contributed by atoms with E-state index in [4.69, 9.17) is 4.42 Å². The van der Waals surface area contributed by atoms with Crippen molar-refractivity contribution in [1.82, 2.24) is 0 Å². The number of benzene rings is 7. The summed E-state index contributed by atoms with van der Waals surface area (Å²) < 4.78 is 6.14. The third-order valence-electron chi connectivity index (χ3n) is 12.0. The molecular weight excluding hydrogens is 667 g/mol. The predicted octanol–water partition coefficient (Wildman–Crippen LogP) is 14.2. The molecular formula is C53H39NO. The zero-order valence-electron chi connectivity index (χ0n) is 30.7. The van der Waals surface area contributed by atoms with E-state index in [2.05, 4.69) is 182 Å². The van der Waals surface area contributed by atoms with Crippen LogP contribution in [0.3, 0.4) is 0 Å². The SMILES string of the molecule is Cc1cccc(-c2ccc(N(c3ccc(-c4ccc5oc6ccccc6c5c4)cc3)c3ccc4c5cc(ccc35)CC3C=CC=C5C=CC=C(C4)C53)cc2)c1. The number of nitrogens with zero attached hydrogens (tertiary/aromatic N) is 1. The molecule has 7 aromatic carbocycles. The maximum absolute atomic E-state index is 6.14. The highest BCUT2D eigenvalue weighted by atomic mass is 16.3. The van der Waals surface area contributed by atoms with Crippen molar-refractivity contribution in [1.29, 1.82) is 0 Å². The molecule has 0 spiro atoms. The van der Waals surface area contributed by atoms with E-state index in [1.54, 1.807) is 0 Å². The third kappa shape index (κ3) is 5.48. The zero-order valence-corrected chi connectivity index (χ0v) is 30.7. The monoisotopic (exact) mass is 705 g/mol. The lowest BCUT2D eigenvalue weighted by atomic mass is 9.72. The molecule has 0 saturated heterocycles. The van der Waals surface area contributed by atoms with E-state index in [0.29, 0.717) is 11.8 Å². The van der Waals surface area contributed by atoms with E-state index in [-0.39, 0.29) is 0 Å². The number of hydrogen-bond acceptors (Lipinski definition) is 2. The van der Waals surface area contributed by atoms with Gasteiger partial charge in [-0.2, -0.15) is 0 Å². The lowest BCUT2D eigenvalue weighted by molar-refractivity contribution is 0.500. The van der Waals surface area contributed by atoms with Crippen molar-refractivity contribution in [3.8, 4) is 22.3 Å². The quantitative estimate of drug-likeness (QED) is 0.177.